The first-order valence-electron chi connectivity index (χ1n) is 9.53. The Hall–Kier alpha value is -2.73. The number of nitrogens with zero attached hydrogens (tertiary/aromatic N) is 2. The first kappa shape index (κ1) is 19.6. The quantitative estimate of drug-likeness (QED) is 0.579. The maximum Gasteiger partial charge on any atom is 0.121 e. The Morgan fingerprint density at radius 2 is 1.24 bits per heavy atom. The van der Waals surface area contributed by atoms with E-state index in [-0.39, 0.29) is 23.4 Å². The molecule has 1 heterocycles. The number of rotatable bonds is 5. The van der Waals surface area contributed by atoms with Gasteiger partial charge >= 0.3 is 0 Å². The number of halogens is 1. The minimum atomic E-state index is -0.243. The molecule has 0 aromatic heterocycles. The lowest BCUT2D eigenvalue weighted by Gasteiger charge is -2.31. The van der Waals surface area contributed by atoms with Crippen LogP contribution in [0.25, 0.3) is 0 Å². The van der Waals surface area contributed by atoms with Gasteiger partial charge in [-0.25, -0.2) is 0 Å². The van der Waals surface area contributed by atoms with Gasteiger partial charge in [-0.15, -0.1) is 0 Å². The van der Waals surface area contributed by atoms with Crippen LogP contribution in [0.3, 0.4) is 0 Å². The van der Waals surface area contributed by atoms with E-state index in [0.29, 0.717) is 23.7 Å². The summed E-state index contributed by atoms with van der Waals surface area (Å²) in [6.45, 7) is 2.55. The second-order valence-electron chi connectivity index (χ2n) is 7.28. The summed E-state index contributed by atoms with van der Waals surface area (Å²) >= 11 is 6.23. The molecule has 0 radical (unpaired) electrons. The van der Waals surface area contributed by atoms with E-state index in [0.717, 1.165) is 24.2 Å². The molecule has 1 fully saturated rings. The molecule has 3 N–H and O–H groups in total. The minimum absolute atomic E-state index is 0.172. The monoisotopic (exact) mass is 410 g/mol. The Kier molecular flexibility index (Phi) is 5.62. The molecule has 3 aromatic rings. The average Bonchev–Trinajstić information content (AvgIpc) is 3.09. The van der Waals surface area contributed by atoms with E-state index < -0.39 is 0 Å². The van der Waals surface area contributed by atoms with Crippen molar-refractivity contribution in [1.82, 2.24) is 9.80 Å². The fraction of sp³-hybridized carbons (Fsp3) is 0.217. The minimum Gasteiger partial charge on any atom is -0.508 e. The van der Waals surface area contributed by atoms with E-state index in [1.807, 2.05) is 24.3 Å². The van der Waals surface area contributed by atoms with E-state index in [4.69, 9.17) is 11.6 Å². The number of benzene rings is 3. The van der Waals surface area contributed by atoms with Crippen LogP contribution < -0.4 is 0 Å². The summed E-state index contributed by atoms with van der Waals surface area (Å²) in [6.07, 6.45) is -0.243. The van der Waals surface area contributed by atoms with E-state index in [9.17, 15) is 15.3 Å². The van der Waals surface area contributed by atoms with Gasteiger partial charge in [-0.05, 0) is 30.3 Å². The highest BCUT2D eigenvalue weighted by molar-refractivity contribution is 6.30. The normalized spacial score (nSPS) is 15.8. The molecule has 0 aliphatic carbocycles. The van der Waals surface area contributed by atoms with Gasteiger partial charge in [0.25, 0.3) is 0 Å². The Morgan fingerprint density at radius 1 is 0.724 bits per heavy atom. The van der Waals surface area contributed by atoms with Crippen LogP contribution in [0.5, 0.6) is 17.2 Å². The van der Waals surface area contributed by atoms with Gasteiger partial charge in [0.2, 0.25) is 0 Å². The van der Waals surface area contributed by atoms with Crippen LogP contribution in [0.4, 0.5) is 0 Å². The molecular weight excluding hydrogens is 388 g/mol. The molecule has 1 aliphatic heterocycles. The Bertz CT molecular complexity index is 955. The molecule has 3 aromatic carbocycles. The van der Waals surface area contributed by atoms with Crippen molar-refractivity contribution < 1.29 is 15.3 Å². The molecule has 1 aliphatic rings. The van der Waals surface area contributed by atoms with Crippen LogP contribution in [0.1, 0.15) is 22.9 Å². The van der Waals surface area contributed by atoms with Gasteiger partial charge in [0.05, 0.1) is 6.17 Å². The van der Waals surface area contributed by atoms with Crippen molar-refractivity contribution in [3.63, 3.8) is 0 Å². The molecule has 29 heavy (non-hydrogen) atoms. The number of aromatic hydroxyl groups is 3. The van der Waals surface area contributed by atoms with Crippen molar-refractivity contribution in [2.75, 3.05) is 13.1 Å². The van der Waals surface area contributed by atoms with Crippen molar-refractivity contribution in [2.45, 2.75) is 19.3 Å². The van der Waals surface area contributed by atoms with Gasteiger partial charge in [-0.2, -0.15) is 0 Å². The fourth-order valence-corrected chi connectivity index (χ4v) is 4.10. The van der Waals surface area contributed by atoms with Crippen LogP contribution in [0.15, 0.2) is 66.7 Å². The number of phenols is 3. The van der Waals surface area contributed by atoms with Gasteiger partial charge in [0.15, 0.2) is 0 Å². The highest BCUT2D eigenvalue weighted by atomic mass is 35.5. The third-order valence-corrected chi connectivity index (χ3v) is 5.60. The fourth-order valence-electron chi connectivity index (χ4n) is 3.92. The average molecular weight is 411 g/mol. The number of hydrogen-bond acceptors (Lipinski definition) is 5. The van der Waals surface area contributed by atoms with Crippen molar-refractivity contribution in [2.24, 2.45) is 0 Å². The van der Waals surface area contributed by atoms with Crippen LogP contribution in [0, 0.1) is 0 Å². The maximum atomic E-state index is 10.6. The van der Waals surface area contributed by atoms with Crippen molar-refractivity contribution in [3.8, 4) is 17.2 Å². The molecule has 1 saturated heterocycles. The van der Waals surface area contributed by atoms with Crippen LogP contribution in [0.2, 0.25) is 5.02 Å². The largest absolute Gasteiger partial charge is 0.508 e. The van der Waals surface area contributed by atoms with Crippen molar-refractivity contribution >= 4 is 11.6 Å². The zero-order valence-electron chi connectivity index (χ0n) is 15.9. The third-order valence-electron chi connectivity index (χ3n) is 5.36. The summed E-state index contributed by atoms with van der Waals surface area (Å²) < 4.78 is 0. The third kappa shape index (κ3) is 4.17. The Balaban J connectivity index is 1.69. The Labute approximate surface area is 175 Å². The topological polar surface area (TPSA) is 67.2 Å². The van der Waals surface area contributed by atoms with E-state index in [1.54, 1.807) is 42.5 Å². The standard InChI is InChI=1S/C23H23ClN2O3/c24-18-9-10-22(29)19(13-18)23-25(14-16-5-1-3-7-20(16)27)11-12-26(23)15-17-6-2-4-8-21(17)28/h1-10,13,23,27-29H,11-12,14-15H2. The first-order valence-corrected chi connectivity index (χ1v) is 9.91. The van der Waals surface area contributed by atoms with Gasteiger partial charge in [0, 0.05) is 47.9 Å². The molecule has 0 spiro atoms. The molecule has 0 saturated carbocycles. The number of hydrogen-bond donors (Lipinski definition) is 3. The maximum absolute atomic E-state index is 10.6. The summed E-state index contributed by atoms with van der Waals surface area (Å²) in [7, 11) is 0. The summed E-state index contributed by atoms with van der Waals surface area (Å²) in [4.78, 5) is 4.39. The molecule has 6 heteroatoms. The highest BCUT2D eigenvalue weighted by Gasteiger charge is 2.35. The van der Waals surface area contributed by atoms with Crippen LogP contribution >= 0.6 is 11.6 Å². The second kappa shape index (κ2) is 8.33. The molecular formula is C23H23ClN2O3. The lowest BCUT2D eigenvalue weighted by molar-refractivity contribution is 0.121. The molecule has 5 nitrogen and oxygen atoms in total. The molecule has 0 amide bonds. The summed E-state index contributed by atoms with van der Waals surface area (Å²) in [5.74, 6) is 0.673. The predicted molar refractivity (Wildman–Crippen MR) is 113 cm³/mol. The van der Waals surface area contributed by atoms with Gasteiger partial charge in [-0.1, -0.05) is 48.0 Å². The lowest BCUT2D eigenvalue weighted by atomic mass is 10.1. The number of phenolic OH excluding ortho intramolecular Hbond substituents is 3. The summed E-state index contributed by atoms with van der Waals surface area (Å²) in [6, 6.07) is 19.6. The molecule has 150 valence electrons. The lowest BCUT2D eigenvalue weighted by Crippen LogP contribution is -2.30. The van der Waals surface area contributed by atoms with Crippen LogP contribution in [-0.2, 0) is 13.1 Å². The summed E-state index contributed by atoms with van der Waals surface area (Å²) in [5.41, 5.74) is 2.35. The van der Waals surface area contributed by atoms with Gasteiger partial charge in [-0.3, -0.25) is 9.80 Å². The zero-order chi connectivity index (χ0) is 20.4. The Morgan fingerprint density at radius 3 is 1.76 bits per heavy atom. The van der Waals surface area contributed by atoms with E-state index >= 15 is 0 Å². The van der Waals surface area contributed by atoms with Crippen molar-refractivity contribution in [1.29, 1.82) is 0 Å². The summed E-state index contributed by atoms with van der Waals surface area (Å²) in [5, 5.41) is 31.6. The van der Waals surface area contributed by atoms with Crippen molar-refractivity contribution in [3.05, 3.63) is 88.4 Å². The second-order valence-corrected chi connectivity index (χ2v) is 7.71. The molecule has 0 bridgehead atoms. The van der Waals surface area contributed by atoms with E-state index in [1.165, 1.54) is 0 Å². The molecule has 0 unspecified atom stereocenters. The zero-order valence-corrected chi connectivity index (χ0v) is 16.6. The van der Waals surface area contributed by atoms with Crippen LogP contribution in [-0.4, -0.2) is 38.2 Å². The first-order chi connectivity index (χ1) is 14.0. The van der Waals surface area contributed by atoms with Gasteiger partial charge < -0.3 is 15.3 Å². The molecule has 0 atom stereocenters. The SMILES string of the molecule is Oc1ccccc1CN1CCN(Cc2ccccc2O)C1c1cc(Cl)ccc1O. The molecule has 4 rings (SSSR count). The number of para-hydroxylation sites is 2. The highest BCUT2D eigenvalue weighted by Crippen LogP contribution is 2.39. The predicted octanol–water partition coefficient (Wildman–Crippen LogP) is 4.47. The van der Waals surface area contributed by atoms with Gasteiger partial charge in [0.1, 0.15) is 17.2 Å². The van der Waals surface area contributed by atoms with E-state index in [2.05, 4.69) is 9.80 Å². The smallest absolute Gasteiger partial charge is 0.121 e.